The second kappa shape index (κ2) is 5.96. The molecule has 2 aromatic rings. The highest BCUT2D eigenvalue weighted by molar-refractivity contribution is 9.10. The first-order valence-corrected chi connectivity index (χ1v) is 6.54. The summed E-state index contributed by atoms with van der Waals surface area (Å²) in [5.74, 6) is -1.04. The maximum absolute atomic E-state index is 13.2. The van der Waals surface area contributed by atoms with Gasteiger partial charge < -0.3 is 9.72 Å². The van der Waals surface area contributed by atoms with Gasteiger partial charge in [0, 0.05) is 16.2 Å². The summed E-state index contributed by atoms with van der Waals surface area (Å²) in [4.78, 5) is 29.7. The van der Waals surface area contributed by atoms with Crippen molar-refractivity contribution in [3.63, 3.8) is 0 Å². The van der Waals surface area contributed by atoms with E-state index in [4.69, 9.17) is 4.74 Å². The van der Waals surface area contributed by atoms with Crippen LogP contribution in [0.2, 0.25) is 0 Å². The summed E-state index contributed by atoms with van der Waals surface area (Å²) in [6, 6.07) is 4.01. The van der Waals surface area contributed by atoms with E-state index in [1.807, 2.05) is 0 Å². The number of carbonyl (C=O) groups is 1. The molecule has 1 heterocycles. The zero-order chi connectivity index (χ0) is 14.7. The Morgan fingerprint density at radius 3 is 2.90 bits per heavy atom. The molecule has 1 aromatic heterocycles. The number of H-pyrrole nitrogens is 1. The molecule has 0 amide bonds. The first-order chi connectivity index (χ1) is 9.52. The van der Waals surface area contributed by atoms with Crippen LogP contribution in [-0.4, -0.2) is 22.5 Å². The molecular formula is C13H10BrFN2O3. The van der Waals surface area contributed by atoms with Crippen LogP contribution in [0.15, 0.2) is 33.7 Å². The van der Waals surface area contributed by atoms with E-state index in [0.29, 0.717) is 10.0 Å². The quantitative estimate of drug-likeness (QED) is 0.871. The highest BCUT2D eigenvalue weighted by Crippen LogP contribution is 2.25. The number of carbonyl (C=O) groups excluding carboxylic acids is 1. The molecule has 20 heavy (non-hydrogen) atoms. The van der Waals surface area contributed by atoms with Crippen molar-refractivity contribution < 1.29 is 13.9 Å². The van der Waals surface area contributed by atoms with Crippen LogP contribution in [0.3, 0.4) is 0 Å². The second-order valence-electron chi connectivity index (χ2n) is 3.82. The van der Waals surface area contributed by atoms with Crippen LogP contribution in [0.25, 0.3) is 11.4 Å². The Kier molecular flexibility index (Phi) is 4.29. The van der Waals surface area contributed by atoms with Gasteiger partial charge >= 0.3 is 5.97 Å². The number of aromatic nitrogens is 2. The molecule has 0 atom stereocenters. The van der Waals surface area contributed by atoms with Gasteiger partial charge in [0.2, 0.25) is 0 Å². The van der Waals surface area contributed by atoms with Gasteiger partial charge in [-0.15, -0.1) is 0 Å². The van der Waals surface area contributed by atoms with E-state index < -0.39 is 17.3 Å². The molecule has 0 spiro atoms. The van der Waals surface area contributed by atoms with Crippen molar-refractivity contribution in [3.05, 3.63) is 50.6 Å². The van der Waals surface area contributed by atoms with E-state index >= 15 is 0 Å². The smallest absolute Gasteiger partial charge is 0.345 e. The molecule has 0 aliphatic carbocycles. The molecule has 0 aliphatic heterocycles. The molecule has 0 fully saturated rings. The number of hydrogen-bond donors (Lipinski definition) is 1. The molecule has 7 heteroatoms. The van der Waals surface area contributed by atoms with E-state index in [1.165, 1.54) is 18.2 Å². The van der Waals surface area contributed by atoms with Crippen molar-refractivity contribution in [2.45, 2.75) is 6.92 Å². The molecule has 1 aromatic carbocycles. The fourth-order valence-electron chi connectivity index (χ4n) is 1.56. The number of halogens is 2. The average Bonchev–Trinajstić information content (AvgIpc) is 2.41. The van der Waals surface area contributed by atoms with Crippen LogP contribution in [0.5, 0.6) is 0 Å². The maximum Gasteiger partial charge on any atom is 0.345 e. The lowest BCUT2D eigenvalue weighted by atomic mass is 10.2. The highest BCUT2D eigenvalue weighted by Gasteiger charge is 2.14. The molecule has 0 saturated carbocycles. The molecule has 0 aliphatic rings. The number of benzene rings is 1. The second-order valence-corrected chi connectivity index (χ2v) is 4.67. The third-order valence-electron chi connectivity index (χ3n) is 2.48. The van der Waals surface area contributed by atoms with Crippen molar-refractivity contribution >= 4 is 21.9 Å². The average molecular weight is 341 g/mol. The summed E-state index contributed by atoms with van der Waals surface area (Å²) >= 11 is 3.24. The summed E-state index contributed by atoms with van der Waals surface area (Å²) in [6.45, 7) is 1.80. The Balaban J connectivity index is 2.46. The van der Waals surface area contributed by atoms with Crippen molar-refractivity contribution in [1.29, 1.82) is 0 Å². The fourth-order valence-corrected chi connectivity index (χ4v) is 2.00. The van der Waals surface area contributed by atoms with E-state index in [9.17, 15) is 14.0 Å². The Bertz CT molecular complexity index is 715. The highest BCUT2D eigenvalue weighted by atomic mass is 79.9. The van der Waals surface area contributed by atoms with Gasteiger partial charge in [-0.25, -0.2) is 14.2 Å². The lowest BCUT2D eigenvalue weighted by Gasteiger charge is -2.05. The molecular weight excluding hydrogens is 331 g/mol. The minimum Gasteiger partial charge on any atom is -0.462 e. The van der Waals surface area contributed by atoms with Crippen LogP contribution in [0.1, 0.15) is 17.3 Å². The lowest BCUT2D eigenvalue weighted by molar-refractivity contribution is 0.0524. The molecule has 0 unspecified atom stereocenters. The zero-order valence-electron chi connectivity index (χ0n) is 10.4. The molecule has 0 saturated heterocycles. The van der Waals surface area contributed by atoms with Crippen LogP contribution in [-0.2, 0) is 4.74 Å². The number of rotatable bonds is 3. The number of nitrogens with one attached hydrogen (secondary N) is 1. The van der Waals surface area contributed by atoms with Crippen molar-refractivity contribution in [2.75, 3.05) is 6.61 Å². The normalized spacial score (nSPS) is 10.3. The van der Waals surface area contributed by atoms with Crippen molar-refractivity contribution in [2.24, 2.45) is 0 Å². The summed E-state index contributed by atoms with van der Waals surface area (Å²) in [6.07, 6.45) is 1.11. The monoisotopic (exact) mass is 340 g/mol. The van der Waals surface area contributed by atoms with E-state index in [-0.39, 0.29) is 18.0 Å². The van der Waals surface area contributed by atoms with Gasteiger partial charge in [0.05, 0.1) is 6.61 Å². The molecule has 0 bridgehead atoms. The van der Waals surface area contributed by atoms with Crippen molar-refractivity contribution in [1.82, 2.24) is 9.97 Å². The van der Waals surface area contributed by atoms with Crippen LogP contribution in [0.4, 0.5) is 4.39 Å². The number of ether oxygens (including phenoxy) is 1. The summed E-state index contributed by atoms with van der Waals surface area (Å²) < 4.78 is 18.5. The predicted octanol–water partition coefficient (Wildman–Crippen LogP) is 2.52. The molecule has 2 rings (SSSR count). The first kappa shape index (κ1) is 14.4. The van der Waals surface area contributed by atoms with Gasteiger partial charge in [-0.3, -0.25) is 4.79 Å². The minimum absolute atomic E-state index is 0.162. The molecule has 0 radical (unpaired) electrons. The number of esters is 1. The Morgan fingerprint density at radius 1 is 1.50 bits per heavy atom. The van der Waals surface area contributed by atoms with Gasteiger partial charge in [-0.1, -0.05) is 15.9 Å². The van der Waals surface area contributed by atoms with Crippen molar-refractivity contribution in [3.8, 4) is 11.4 Å². The molecule has 5 nitrogen and oxygen atoms in total. The third-order valence-corrected chi connectivity index (χ3v) is 3.17. The Morgan fingerprint density at radius 2 is 2.25 bits per heavy atom. The third kappa shape index (κ3) is 2.93. The zero-order valence-corrected chi connectivity index (χ0v) is 12.0. The number of nitrogens with zero attached hydrogens (tertiary/aromatic N) is 1. The molecule has 1 N–H and O–H groups in total. The van der Waals surface area contributed by atoms with E-state index in [1.54, 1.807) is 6.92 Å². The standard InChI is InChI=1S/C13H10BrFN2O3/c1-2-20-13(19)9-6-16-11(17-12(9)18)8-5-7(15)3-4-10(8)14/h3-6H,2H2,1H3,(H,16,17,18). The van der Waals surface area contributed by atoms with Gasteiger partial charge in [0.15, 0.2) is 0 Å². The van der Waals surface area contributed by atoms with Gasteiger partial charge in [-0.2, -0.15) is 0 Å². The largest absolute Gasteiger partial charge is 0.462 e. The van der Waals surface area contributed by atoms with E-state index in [2.05, 4.69) is 25.9 Å². The number of hydrogen-bond acceptors (Lipinski definition) is 4. The van der Waals surface area contributed by atoms with E-state index in [0.717, 1.165) is 6.20 Å². The summed E-state index contributed by atoms with van der Waals surface area (Å²) in [5, 5.41) is 0. The van der Waals surface area contributed by atoms with Gasteiger partial charge in [0.1, 0.15) is 17.2 Å². The maximum atomic E-state index is 13.2. The first-order valence-electron chi connectivity index (χ1n) is 5.74. The fraction of sp³-hybridized carbons (Fsp3) is 0.154. The lowest BCUT2D eigenvalue weighted by Crippen LogP contribution is -2.21. The van der Waals surface area contributed by atoms with Crippen LogP contribution >= 0.6 is 15.9 Å². The van der Waals surface area contributed by atoms with Crippen LogP contribution < -0.4 is 5.56 Å². The minimum atomic E-state index is -0.744. The number of aromatic amines is 1. The molecule has 104 valence electrons. The van der Waals surface area contributed by atoms with Gasteiger partial charge in [-0.05, 0) is 25.1 Å². The predicted molar refractivity (Wildman–Crippen MR) is 73.9 cm³/mol. The Labute approximate surface area is 121 Å². The SMILES string of the molecule is CCOC(=O)c1cnc(-c2cc(F)ccc2Br)[nH]c1=O. The summed E-state index contributed by atoms with van der Waals surface area (Å²) in [7, 11) is 0. The summed E-state index contributed by atoms with van der Waals surface area (Å²) in [5.41, 5.74) is -0.440. The Hall–Kier alpha value is -2.02. The van der Waals surface area contributed by atoms with Gasteiger partial charge in [0.25, 0.3) is 5.56 Å². The van der Waals surface area contributed by atoms with Crippen LogP contribution in [0, 0.1) is 5.82 Å². The topological polar surface area (TPSA) is 72.0 Å².